The van der Waals surface area contributed by atoms with Gasteiger partial charge in [0, 0.05) is 11.6 Å². The minimum atomic E-state index is -0.840. The van der Waals surface area contributed by atoms with E-state index in [4.69, 9.17) is 15.2 Å². The lowest BCUT2D eigenvalue weighted by Gasteiger charge is -2.14. The maximum atomic E-state index is 11.1. The van der Waals surface area contributed by atoms with Gasteiger partial charge in [-0.25, -0.2) is 10.2 Å². The molecule has 3 N–H and O–H groups in total. The van der Waals surface area contributed by atoms with Crippen LogP contribution in [0.4, 0.5) is 10.5 Å². The fraction of sp³-hybridized carbons (Fsp3) is 0.333. The standard InChI is InChI=1S/C12H16N4O5/c1-7(2)21-11-9(16(18)19)4-8(5-10(11)20-3)6-14-15-12(13)17/h4-7H,1-3H3,(H3,13,15,17)/b14-6-. The molecule has 9 nitrogen and oxygen atoms in total. The van der Waals surface area contributed by atoms with Gasteiger partial charge in [0.15, 0.2) is 5.75 Å². The average molecular weight is 296 g/mol. The van der Waals surface area contributed by atoms with Gasteiger partial charge in [-0.05, 0) is 19.9 Å². The number of methoxy groups -OCH3 is 1. The van der Waals surface area contributed by atoms with Gasteiger partial charge < -0.3 is 15.2 Å². The van der Waals surface area contributed by atoms with E-state index in [1.807, 2.05) is 5.43 Å². The topological polar surface area (TPSA) is 129 Å². The Morgan fingerprint density at radius 1 is 1.52 bits per heavy atom. The van der Waals surface area contributed by atoms with Gasteiger partial charge in [-0.3, -0.25) is 10.1 Å². The van der Waals surface area contributed by atoms with Crippen LogP contribution in [0.25, 0.3) is 0 Å². The maximum Gasteiger partial charge on any atom is 0.332 e. The van der Waals surface area contributed by atoms with E-state index in [1.165, 1.54) is 25.5 Å². The first kappa shape index (κ1) is 16.2. The van der Waals surface area contributed by atoms with Crippen LogP contribution >= 0.6 is 0 Å². The number of hydrogen-bond acceptors (Lipinski definition) is 6. The van der Waals surface area contributed by atoms with Crippen molar-refractivity contribution >= 4 is 17.9 Å². The van der Waals surface area contributed by atoms with E-state index in [0.717, 1.165) is 0 Å². The first-order valence-corrected chi connectivity index (χ1v) is 5.96. The molecule has 2 amide bonds. The molecule has 0 atom stereocenters. The second-order valence-corrected chi connectivity index (χ2v) is 4.23. The number of rotatable bonds is 6. The number of urea groups is 1. The largest absolute Gasteiger partial charge is 0.493 e. The van der Waals surface area contributed by atoms with Gasteiger partial charge in [-0.1, -0.05) is 0 Å². The van der Waals surface area contributed by atoms with Crippen LogP contribution in [0.5, 0.6) is 11.5 Å². The number of benzene rings is 1. The molecule has 1 aromatic carbocycles. The van der Waals surface area contributed by atoms with E-state index in [0.29, 0.717) is 5.56 Å². The Hall–Kier alpha value is -2.84. The number of hydrazone groups is 1. The zero-order valence-electron chi connectivity index (χ0n) is 11.8. The summed E-state index contributed by atoms with van der Waals surface area (Å²) >= 11 is 0. The van der Waals surface area contributed by atoms with Crippen molar-refractivity contribution in [3.63, 3.8) is 0 Å². The van der Waals surface area contributed by atoms with Gasteiger partial charge in [-0.15, -0.1) is 0 Å². The SMILES string of the molecule is COc1cc(/C=N\NC(N)=O)cc([N+](=O)[O-])c1OC(C)C. The third kappa shape index (κ3) is 4.64. The van der Waals surface area contributed by atoms with Gasteiger partial charge in [0.1, 0.15) is 0 Å². The molecule has 0 saturated heterocycles. The van der Waals surface area contributed by atoms with Gasteiger partial charge in [-0.2, -0.15) is 5.10 Å². The number of carbonyl (C=O) groups excluding carboxylic acids is 1. The summed E-state index contributed by atoms with van der Waals surface area (Å²) in [5, 5.41) is 14.7. The van der Waals surface area contributed by atoms with Gasteiger partial charge in [0.25, 0.3) is 0 Å². The Labute approximate surface area is 120 Å². The van der Waals surface area contributed by atoms with E-state index in [-0.39, 0.29) is 23.3 Å². The summed E-state index contributed by atoms with van der Waals surface area (Å²) in [6.07, 6.45) is 0.952. The molecule has 114 valence electrons. The summed E-state index contributed by atoms with van der Waals surface area (Å²) in [6, 6.07) is 1.91. The molecule has 0 aromatic heterocycles. The molecular formula is C12H16N4O5. The lowest BCUT2D eigenvalue weighted by Crippen LogP contribution is -2.24. The van der Waals surface area contributed by atoms with Crippen molar-refractivity contribution in [2.75, 3.05) is 7.11 Å². The minimum Gasteiger partial charge on any atom is -0.493 e. The second kappa shape index (κ2) is 7.08. The Bertz CT molecular complexity index is 571. The van der Waals surface area contributed by atoms with E-state index >= 15 is 0 Å². The highest BCUT2D eigenvalue weighted by atomic mass is 16.6. The molecule has 9 heteroatoms. The zero-order chi connectivity index (χ0) is 16.0. The van der Waals surface area contributed by atoms with E-state index in [1.54, 1.807) is 13.8 Å². The number of hydrogen-bond donors (Lipinski definition) is 2. The predicted octanol–water partition coefficient (Wildman–Crippen LogP) is 1.39. The van der Waals surface area contributed by atoms with Crippen LogP contribution in [0.15, 0.2) is 17.2 Å². The van der Waals surface area contributed by atoms with E-state index in [2.05, 4.69) is 5.10 Å². The molecule has 1 aromatic rings. The number of amides is 2. The van der Waals surface area contributed by atoms with Crippen LogP contribution in [-0.2, 0) is 0 Å². The number of nitro benzene ring substituents is 1. The highest BCUT2D eigenvalue weighted by Crippen LogP contribution is 2.38. The monoisotopic (exact) mass is 296 g/mol. The van der Waals surface area contributed by atoms with E-state index < -0.39 is 11.0 Å². The molecule has 0 spiro atoms. The maximum absolute atomic E-state index is 11.1. The molecule has 0 radical (unpaired) electrons. The van der Waals surface area contributed by atoms with Gasteiger partial charge in [0.2, 0.25) is 5.75 Å². The van der Waals surface area contributed by atoms with Crippen LogP contribution in [0.1, 0.15) is 19.4 Å². The third-order valence-corrected chi connectivity index (χ3v) is 2.22. The van der Waals surface area contributed by atoms with Crippen molar-refractivity contribution < 1.29 is 19.2 Å². The number of nitrogens with two attached hydrogens (primary N) is 1. The second-order valence-electron chi connectivity index (χ2n) is 4.23. The van der Waals surface area contributed by atoms with Crippen LogP contribution < -0.4 is 20.6 Å². The van der Waals surface area contributed by atoms with E-state index in [9.17, 15) is 14.9 Å². The number of nitrogens with one attached hydrogen (secondary N) is 1. The summed E-state index contributed by atoms with van der Waals surface area (Å²) < 4.78 is 10.5. The van der Waals surface area contributed by atoms with Crippen molar-refractivity contribution in [3.05, 3.63) is 27.8 Å². The zero-order valence-corrected chi connectivity index (χ0v) is 11.8. The average Bonchev–Trinajstić information content (AvgIpc) is 2.38. The van der Waals surface area contributed by atoms with Gasteiger partial charge in [0.05, 0.1) is 24.4 Å². The minimum absolute atomic E-state index is 0.0394. The van der Waals surface area contributed by atoms with Crippen molar-refractivity contribution in [2.24, 2.45) is 10.8 Å². The molecular weight excluding hydrogens is 280 g/mol. The number of primary amides is 1. The van der Waals surface area contributed by atoms with Crippen LogP contribution in [-0.4, -0.2) is 30.4 Å². The van der Waals surface area contributed by atoms with Crippen molar-refractivity contribution in [3.8, 4) is 11.5 Å². The number of nitrogens with zero attached hydrogens (tertiary/aromatic N) is 2. The molecule has 1 rings (SSSR count). The Balaban J connectivity index is 3.25. The van der Waals surface area contributed by atoms with Crippen molar-refractivity contribution in [1.29, 1.82) is 0 Å². The first-order chi connectivity index (χ1) is 9.85. The molecule has 0 fully saturated rings. The van der Waals surface area contributed by atoms with Crippen LogP contribution in [0, 0.1) is 10.1 Å². The van der Waals surface area contributed by atoms with Gasteiger partial charge >= 0.3 is 11.7 Å². The van der Waals surface area contributed by atoms with Crippen LogP contribution in [0.2, 0.25) is 0 Å². The predicted molar refractivity (Wildman–Crippen MR) is 75.7 cm³/mol. The number of ether oxygens (including phenoxy) is 2. The van der Waals surface area contributed by atoms with Crippen molar-refractivity contribution in [2.45, 2.75) is 20.0 Å². The van der Waals surface area contributed by atoms with Crippen LogP contribution in [0.3, 0.4) is 0 Å². The highest BCUT2D eigenvalue weighted by molar-refractivity contribution is 5.84. The molecule has 0 saturated carbocycles. The van der Waals surface area contributed by atoms with Crippen molar-refractivity contribution in [1.82, 2.24) is 5.43 Å². The number of carbonyl (C=O) groups is 1. The number of nitro groups is 1. The Morgan fingerprint density at radius 3 is 2.67 bits per heavy atom. The lowest BCUT2D eigenvalue weighted by atomic mass is 10.2. The summed E-state index contributed by atoms with van der Waals surface area (Å²) in [5.41, 5.74) is 6.94. The third-order valence-electron chi connectivity index (χ3n) is 2.22. The summed E-state index contributed by atoms with van der Waals surface area (Å²) in [5.74, 6) is 0.232. The molecule has 0 aliphatic heterocycles. The molecule has 21 heavy (non-hydrogen) atoms. The fourth-order valence-corrected chi connectivity index (χ4v) is 1.49. The highest BCUT2D eigenvalue weighted by Gasteiger charge is 2.22. The quantitative estimate of drug-likeness (QED) is 0.465. The summed E-state index contributed by atoms with van der Waals surface area (Å²) in [4.78, 5) is 21.1. The Morgan fingerprint density at radius 2 is 2.19 bits per heavy atom. The first-order valence-electron chi connectivity index (χ1n) is 5.96. The normalized spacial score (nSPS) is 10.7. The smallest absolute Gasteiger partial charge is 0.332 e. The summed E-state index contributed by atoms with van der Waals surface area (Å²) in [7, 11) is 1.37. The molecule has 0 unspecified atom stereocenters. The molecule has 0 bridgehead atoms. The summed E-state index contributed by atoms with van der Waals surface area (Å²) in [6.45, 7) is 3.49. The fourth-order valence-electron chi connectivity index (χ4n) is 1.49. The molecule has 0 aliphatic carbocycles. The lowest BCUT2D eigenvalue weighted by molar-refractivity contribution is -0.386. The Kier molecular flexibility index (Phi) is 5.47. The molecule has 0 aliphatic rings. The molecule has 0 heterocycles.